The van der Waals surface area contributed by atoms with Gasteiger partial charge in [-0.1, -0.05) is 35.9 Å². The Kier molecular flexibility index (Phi) is 4.32. The molecule has 1 unspecified atom stereocenters. The maximum absolute atomic E-state index is 10.9. The molecule has 4 heteroatoms. The van der Waals surface area contributed by atoms with Crippen LogP contribution in [0.15, 0.2) is 65.4 Å². The van der Waals surface area contributed by atoms with Crippen molar-refractivity contribution in [1.29, 1.82) is 0 Å². The highest BCUT2D eigenvalue weighted by molar-refractivity contribution is 5.86. The van der Waals surface area contributed by atoms with Gasteiger partial charge < -0.3 is 14.8 Å². The molecular formula is C23H22N2O2. The molecule has 2 aromatic carbocycles. The summed E-state index contributed by atoms with van der Waals surface area (Å²) in [5.41, 5.74) is 5.90. The van der Waals surface area contributed by atoms with Crippen LogP contribution in [0.4, 0.5) is 5.69 Å². The summed E-state index contributed by atoms with van der Waals surface area (Å²) in [6.07, 6.45) is 3.34. The Morgan fingerprint density at radius 3 is 2.48 bits per heavy atom. The number of anilines is 1. The molecule has 0 aliphatic rings. The minimum Gasteiger partial charge on any atom is -0.505 e. The zero-order valence-corrected chi connectivity index (χ0v) is 15.7. The molecule has 0 aliphatic carbocycles. The van der Waals surface area contributed by atoms with E-state index in [4.69, 9.17) is 4.42 Å². The summed E-state index contributed by atoms with van der Waals surface area (Å²) in [5.74, 6) is 0.907. The number of hydrogen-bond acceptors (Lipinski definition) is 4. The van der Waals surface area contributed by atoms with Crippen LogP contribution in [0.5, 0.6) is 5.75 Å². The van der Waals surface area contributed by atoms with Gasteiger partial charge in [0.2, 0.25) is 0 Å². The largest absolute Gasteiger partial charge is 0.505 e. The predicted octanol–water partition coefficient (Wildman–Crippen LogP) is 5.66. The third-order valence-corrected chi connectivity index (χ3v) is 4.88. The molecule has 0 bridgehead atoms. The minimum atomic E-state index is -0.327. The molecule has 0 spiro atoms. The molecule has 0 radical (unpaired) electrons. The molecule has 2 aromatic heterocycles. The lowest BCUT2D eigenvalue weighted by atomic mass is 9.98. The second kappa shape index (κ2) is 6.80. The van der Waals surface area contributed by atoms with Gasteiger partial charge in [0.15, 0.2) is 0 Å². The van der Waals surface area contributed by atoms with Gasteiger partial charge in [-0.15, -0.1) is 0 Å². The summed E-state index contributed by atoms with van der Waals surface area (Å²) < 4.78 is 5.70. The van der Waals surface area contributed by atoms with Crippen molar-refractivity contribution >= 4 is 16.6 Å². The Hall–Kier alpha value is -3.27. The predicted molar refractivity (Wildman–Crippen MR) is 108 cm³/mol. The van der Waals surface area contributed by atoms with E-state index in [0.29, 0.717) is 5.52 Å². The molecule has 4 aromatic rings. The van der Waals surface area contributed by atoms with E-state index in [2.05, 4.69) is 43.2 Å². The fourth-order valence-electron chi connectivity index (χ4n) is 3.69. The van der Waals surface area contributed by atoms with Gasteiger partial charge >= 0.3 is 0 Å². The number of rotatable bonds is 4. The molecule has 0 saturated carbocycles. The average molecular weight is 358 g/mol. The number of pyridine rings is 1. The second-order valence-electron chi connectivity index (χ2n) is 6.95. The van der Waals surface area contributed by atoms with Crippen LogP contribution in [0.1, 0.15) is 34.1 Å². The van der Waals surface area contributed by atoms with Crippen molar-refractivity contribution in [1.82, 2.24) is 4.98 Å². The summed E-state index contributed by atoms with van der Waals surface area (Å²) in [6, 6.07) is 15.5. The number of phenols is 1. The number of nitrogens with zero attached hydrogens (tertiary/aromatic N) is 1. The average Bonchev–Trinajstić information content (AvgIpc) is 3.17. The van der Waals surface area contributed by atoms with Crippen molar-refractivity contribution in [2.45, 2.75) is 26.8 Å². The van der Waals surface area contributed by atoms with E-state index in [1.165, 1.54) is 5.56 Å². The second-order valence-corrected chi connectivity index (χ2v) is 6.95. The van der Waals surface area contributed by atoms with Gasteiger partial charge in [0.05, 0.1) is 6.26 Å². The lowest BCUT2D eigenvalue weighted by Gasteiger charge is -2.23. The standard InChI is InChI=1S/C23H22N2O2/c1-14-12-15(2)20(16(3)13-14)25-22(19-7-5-11-27-19)18-9-8-17-6-4-10-24-21(17)23(18)26/h4-13,22,25-26H,1-3H3. The molecule has 0 saturated heterocycles. The molecule has 136 valence electrons. The first-order chi connectivity index (χ1) is 13.0. The fourth-order valence-corrected chi connectivity index (χ4v) is 3.69. The van der Waals surface area contributed by atoms with Crippen molar-refractivity contribution in [3.63, 3.8) is 0 Å². The van der Waals surface area contributed by atoms with Crippen molar-refractivity contribution < 1.29 is 9.52 Å². The van der Waals surface area contributed by atoms with E-state index in [1.54, 1.807) is 12.5 Å². The van der Waals surface area contributed by atoms with Gasteiger partial charge in [0, 0.05) is 22.8 Å². The number of aromatic hydroxyl groups is 1. The Morgan fingerprint density at radius 1 is 1.00 bits per heavy atom. The summed E-state index contributed by atoms with van der Waals surface area (Å²) in [6.45, 7) is 6.27. The zero-order chi connectivity index (χ0) is 19.0. The molecule has 0 aliphatic heterocycles. The normalized spacial score (nSPS) is 12.3. The van der Waals surface area contributed by atoms with Gasteiger partial charge in [-0.3, -0.25) is 4.98 Å². The molecule has 2 N–H and O–H groups in total. The smallest absolute Gasteiger partial charge is 0.147 e. The molecule has 0 amide bonds. The highest BCUT2D eigenvalue weighted by Gasteiger charge is 2.23. The van der Waals surface area contributed by atoms with Crippen LogP contribution in [0.2, 0.25) is 0 Å². The van der Waals surface area contributed by atoms with Crippen molar-refractivity contribution in [2.24, 2.45) is 0 Å². The quantitative estimate of drug-likeness (QED) is 0.494. The molecule has 4 rings (SSSR count). The Balaban J connectivity index is 1.86. The molecule has 27 heavy (non-hydrogen) atoms. The van der Waals surface area contributed by atoms with Gasteiger partial charge in [0.25, 0.3) is 0 Å². The summed E-state index contributed by atoms with van der Waals surface area (Å²) in [4.78, 5) is 4.35. The number of nitrogens with one attached hydrogen (secondary N) is 1. The van der Waals surface area contributed by atoms with Crippen LogP contribution in [-0.2, 0) is 0 Å². The third-order valence-electron chi connectivity index (χ3n) is 4.88. The number of aromatic nitrogens is 1. The SMILES string of the molecule is Cc1cc(C)c(NC(c2ccco2)c2ccc3cccnc3c2O)c(C)c1. The summed E-state index contributed by atoms with van der Waals surface area (Å²) in [5, 5.41) is 15.4. The number of furan rings is 1. The maximum Gasteiger partial charge on any atom is 0.147 e. The van der Waals surface area contributed by atoms with Gasteiger partial charge in [-0.25, -0.2) is 0 Å². The highest BCUT2D eigenvalue weighted by Crippen LogP contribution is 2.37. The maximum atomic E-state index is 10.9. The molecule has 4 nitrogen and oxygen atoms in total. The van der Waals surface area contributed by atoms with Gasteiger partial charge in [-0.05, 0) is 50.1 Å². The Morgan fingerprint density at radius 2 is 1.78 bits per heavy atom. The molecule has 0 fully saturated rings. The van der Waals surface area contributed by atoms with Crippen LogP contribution in [0, 0.1) is 20.8 Å². The van der Waals surface area contributed by atoms with E-state index in [-0.39, 0.29) is 11.8 Å². The van der Waals surface area contributed by atoms with Crippen LogP contribution in [0.25, 0.3) is 10.9 Å². The number of aryl methyl sites for hydroxylation is 3. The minimum absolute atomic E-state index is 0.171. The van der Waals surface area contributed by atoms with E-state index in [0.717, 1.165) is 33.5 Å². The lowest BCUT2D eigenvalue weighted by molar-refractivity contribution is 0.458. The van der Waals surface area contributed by atoms with Crippen molar-refractivity contribution in [2.75, 3.05) is 5.32 Å². The van der Waals surface area contributed by atoms with Crippen molar-refractivity contribution in [3.8, 4) is 5.75 Å². The monoisotopic (exact) mass is 358 g/mol. The number of phenolic OH excluding ortho intramolecular Hbond substituents is 1. The lowest BCUT2D eigenvalue weighted by Crippen LogP contribution is -2.14. The number of hydrogen-bond donors (Lipinski definition) is 2. The first-order valence-electron chi connectivity index (χ1n) is 8.99. The fraction of sp³-hybridized carbons (Fsp3) is 0.174. The first-order valence-corrected chi connectivity index (χ1v) is 8.99. The molecule has 1 atom stereocenters. The topological polar surface area (TPSA) is 58.3 Å². The Labute approximate surface area is 158 Å². The van der Waals surface area contributed by atoms with E-state index >= 15 is 0 Å². The van der Waals surface area contributed by atoms with E-state index in [1.807, 2.05) is 36.4 Å². The summed E-state index contributed by atoms with van der Waals surface area (Å²) >= 11 is 0. The Bertz CT molecular complexity index is 1080. The number of benzene rings is 2. The van der Waals surface area contributed by atoms with Crippen LogP contribution >= 0.6 is 0 Å². The zero-order valence-electron chi connectivity index (χ0n) is 15.7. The van der Waals surface area contributed by atoms with Gasteiger partial charge in [-0.2, -0.15) is 0 Å². The van der Waals surface area contributed by atoms with E-state index < -0.39 is 0 Å². The third kappa shape index (κ3) is 3.14. The van der Waals surface area contributed by atoms with Crippen LogP contribution in [-0.4, -0.2) is 10.1 Å². The van der Waals surface area contributed by atoms with Crippen LogP contribution < -0.4 is 5.32 Å². The number of fused-ring (bicyclic) bond motifs is 1. The first kappa shape index (κ1) is 17.2. The molecule has 2 heterocycles. The van der Waals surface area contributed by atoms with Gasteiger partial charge in [0.1, 0.15) is 23.1 Å². The highest BCUT2D eigenvalue weighted by atomic mass is 16.3. The summed E-state index contributed by atoms with van der Waals surface area (Å²) in [7, 11) is 0. The van der Waals surface area contributed by atoms with E-state index in [9.17, 15) is 5.11 Å². The van der Waals surface area contributed by atoms with Crippen LogP contribution in [0.3, 0.4) is 0 Å². The molecular weight excluding hydrogens is 336 g/mol. The van der Waals surface area contributed by atoms with Crippen molar-refractivity contribution in [3.05, 3.63) is 89.0 Å².